The fourth-order valence-electron chi connectivity index (χ4n) is 6.73. The maximum Gasteiger partial charge on any atom is 0.170 e. The molecular formula is C26H38NO3P. The minimum atomic E-state index is -0.561. The zero-order chi connectivity index (χ0) is 22.5. The highest BCUT2D eigenvalue weighted by Gasteiger charge is 2.64. The molecule has 0 radical (unpaired) electrons. The molecule has 1 atom stereocenters. The zero-order valence-corrected chi connectivity index (χ0v) is 21.1. The normalized spacial score (nSPS) is 29.7. The molecule has 1 unspecified atom stereocenters. The van der Waals surface area contributed by atoms with Gasteiger partial charge in [-0.3, -0.25) is 4.90 Å². The van der Waals surface area contributed by atoms with Gasteiger partial charge in [-0.15, -0.1) is 0 Å². The van der Waals surface area contributed by atoms with Gasteiger partial charge in [0.15, 0.2) is 5.79 Å². The van der Waals surface area contributed by atoms with Crippen LogP contribution in [0.2, 0.25) is 0 Å². The lowest BCUT2D eigenvalue weighted by atomic mass is 9.88. The van der Waals surface area contributed by atoms with Crippen molar-refractivity contribution in [2.45, 2.75) is 68.3 Å². The second-order valence-corrected chi connectivity index (χ2v) is 14.4. The molecule has 0 bridgehead atoms. The van der Waals surface area contributed by atoms with Crippen molar-refractivity contribution in [1.29, 1.82) is 0 Å². The van der Waals surface area contributed by atoms with Crippen LogP contribution in [0.1, 0.15) is 52.5 Å². The highest BCUT2D eigenvalue weighted by atomic mass is 31.1. The van der Waals surface area contributed by atoms with Crippen LogP contribution in [0.25, 0.3) is 5.57 Å². The molecule has 3 aliphatic rings. The lowest BCUT2D eigenvalue weighted by Crippen LogP contribution is -2.59. The molecule has 4 rings (SSSR count). The van der Waals surface area contributed by atoms with Gasteiger partial charge in [-0.1, -0.05) is 72.0 Å². The van der Waals surface area contributed by atoms with E-state index in [1.54, 1.807) is 7.11 Å². The molecule has 5 heteroatoms. The average Bonchev–Trinajstić information content (AvgIpc) is 3.12. The van der Waals surface area contributed by atoms with E-state index in [9.17, 15) is 0 Å². The Morgan fingerprint density at radius 2 is 1.52 bits per heavy atom. The molecule has 0 amide bonds. The van der Waals surface area contributed by atoms with Gasteiger partial charge in [-0.05, 0) is 42.5 Å². The number of rotatable bonds is 4. The Morgan fingerprint density at radius 1 is 0.935 bits per heavy atom. The van der Waals surface area contributed by atoms with Crippen molar-refractivity contribution in [2.24, 2.45) is 0 Å². The first-order valence-electron chi connectivity index (χ1n) is 11.3. The van der Waals surface area contributed by atoms with E-state index < -0.39 is 13.7 Å². The summed E-state index contributed by atoms with van der Waals surface area (Å²) in [7, 11) is 5.73. The molecule has 31 heavy (non-hydrogen) atoms. The molecule has 4 nitrogen and oxygen atoms in total. The first-order chi connectivity index (χ1) is 14.6. The second kappa shape index (κ2) is 7.99. The fourth-order valence-corrected chi connectivity index (χ4v) is 12.3. The summed E-state index contributed by atoms with van der Waals surface area (Å²) in [5, 5.41) is -0.0461. The molecule has 0 saturated carbocycles. The van der Waals surface area contributed by atoms with E-state index in [0.717, 1.165) is 25.0 Å². The Morgan fingerprint density at radius 3 is 2.03 bits per heavy atom. The fraction of sp³-hybridized carbons (Fsp3) is 0.615. The maximum atomic E-state index is 6.26. The van der Waals surface area contributed by atoms with Crippen LogP contribution in [0.4, 0.5) is 0 Å². The zero-order valence-electron chi connectivity index (χ0n) is 20.2. The first kappa shape index (κ1) is 23.0. The third kappa shape index (κ3) is 3.70. The van der Waals surface area contributed by atoms with Crippen LogP contribution in [0.5, 0.6) is 0 Å². The van der Waals surface area contributed by atoms with E-state index >= 15 is 0 Å². The van der Waals surface area contributed by atoms with Crippen molar-refractivity contribution in [3.63, 3.8) is 0 Å². The largest absolute Gasteiger partial charge is 0.496 e. The summed E-state index contributed by atoms with van der Waals surface area (Å²) in [4.78, 5) is 2.47. The van der Waals surface area contributed by atoms with Crippen molar-refractivity contribution < 1.29 is 14.2 Å². The Hall–Kier alpha value is -1.19. The maximum absolute atomic E-state index is 6.26. The monoisotopic (exact) mass is 443 g/mol. The minimum absolute atomic E-state index is 0.0513. The smallest absolute Gasteiger partial charge is 0.170 e. The van der Waals surface area contributed by atoms with E-state index in [0.29, 0.717) is 13.2 Å². The van der Waals surface area contributed by atoms with Gasteiger partial charge >= 0.3 is 0 Å². The van der Waals surface area contributed by atoms with Crippen LogP contribution in [0.3, 0.4) is 0 Å². The van der Waals surface area contributed by atoms with Crippen LogP contribution in [-0.4, -0.2) is 60.7 Å². The summed E-state index contributed by atoms with van der Waals surface area (Å²) in [5.41, 5.74) is 2.57. The van der Waals surface area contributed by atoms with Crippen LogP contribution >= 0.6 is 7.92 Å². The van der Waals surface area contributed by atoms with Gasteiger partial charge in [-0.25, -0.2) is 0 Å². The van der Waals surface area contributed by atoms with Gasteiger partial charge in [0.1, 0.15) is 5.76 Å². The molecule has 1 spiro atoms. The lowest BCUT2D eigenvalue weighted by molar-refractivity contribution is -0.179. The summed E-state index contributed by atoms with van der Waals surface area (Å²) in [5.74, 6) is 0.541. The third-order valence-corrected chi connectivity index (χ3v) is 11.4. The Balaban J connectivity index is 1.93. The molecular weight excluding hydrogens is 405 g/mol. The van der Waals surface area contributed by atoms with Gasteiger partial charge in [0, 0.05) is 18.4 Å². The third-order valence-electron chi connectivity index (χ3n) is 7.14. The highest BCUT2D eigenvalue weighted by molar-refractivity contribution is 7.63. The van der Waals surface area contributed by atoms with E-state index in [1.807, 2.05) is 0 Å². The lowest BCUT2D eigenvalue weighted by Gasteiger charge is -2.64. The summed E-state index contributed by atoms with van der Waals surface area (Å²) >= 11 is 0. The topological polar surface area (TPSA) is 30.9 Å². The Kier molecular flexibility index (Phi) is 5.92. The number of methoxy groups -OCH3 is 1. The Bertz CT molecular complexity index is 848. The number of benzene rings is 1. The number of hydrogen-bond acceptors (Lipinski definition) is 4. The van der Waals surface area contributed by atoms with Crippen molar-refractivity contribution in [3.8, 4) is 0 Å². The predicted molar refractivity (Wildman–Crippen MR) is 129 cm³/mol. The van der Waals surface area contributed by atoms with E-state index in [2.05, 4.69) is 89.2 Å². The molecule has 1 aromatic rings. The summed E-state index contributed by atoms with van der Waals surface area (Å²) in [6.45, 7) is 11.1. The molecule has 1 aromatic carbocycles. The second-order valence-electron chi connectivity index (χ2n) is 10.5. The quantitative estimate of drug-likeness (QED) is 0.547. The standard InChI is InChI=1S/C26H38NO3P/c1-23(2)18-25(29-16-17-30-25)19-24(3,4)31(23)26(27(5)6)15-11-14-21(28-7)22(26)20-12-9-8-10-13-20/h8-14H,15-19H2,1-7H3. The van der Waals surface area contributed by atoms with Crippen LogP contribution in [0, 0.1) is 0 Å². The number of likely N-dealkylation sites (N-methyl/N-ethyl adjacent to an activating group) is 1. The summed E-state index contributed by atoms with van der Waals surface area (Å²) < 4.78 is 18.5. The van der Waals surface area contributed by atoms with E-state index in [4.69, 9.17) is 14.2 Å². The molecule has 2 fully saturated rings. The van der Waals surface area contributed by atoms with Crippen LogP contribution < -0.4 is 0 Å². The molecule has 2 saturated heterocycles. The highest BCUT2D eigenvalue weighted by Crippen LogP contribution is 2.78. The van der Waals surface area contributed by atoms with Gasteiger partial charge in [0.2, 0.25) is 0 Å². The summed E-state index contributed by atoms with van der Waals surface area (Å²) in [6, 6.07) is 10.8. The van der Waals surface area contributed by atoms with Crippen molar-refractivity contribution in [3.05, 3.63) is 53.8 Å². The number of hydrogen-bond donors (Lipinski definition) is 0. The van der Waals surface area contributed by atoms with Gasteiger partial charge < -0.3 is 14.2 Å². The summed E-state index contributed by atoms with van der Waals surface area (Å²) in [6.07, 6.45) is 7.31. The van der Waals surface area contributed by atoms with Crippen molar-refractivity contribution in [1.82, 2.24) is 4.90 Å². The first-order valence-corrected chi connectivity index (χ1v) is 12.7. The minimum Gasteiger partial charge on any atom is -0.496 e. The molecule has 0 aromatic heterocycles. The molecule has 1 aliphatic carbocycles. The number of nitrogens with zero attached hydrogens (tertiary/aromatic N) is 1. The van der Waals surface area contributed by atoms with E-state index in [-0.39, 0.29) is 15.6 Å². The van der Waals surface area contributed by atoms with Crippen LogP contribution in [0.15, 0.2) is 48.2 Å². The Labute approximate surface area is 189 Å². The van der Waals surface area contributed by atoms with Crippen molar-refractivity contribution >= 4 is 13.5 Å². The van der Waals surface area contributed by atoms with Gasteiger partial charge in [0.05, 0.1) is 25.6 Å². The SMILES string of the molecule is COC1=C(c2ccccc2)C(N(C)C)(P2C(C)(C)CC3(CC2(C)C)OCCO3)CC=C1. The molecule has 2 heterocycles. The average molecular weight is 444 g/mol. The van der Waals surface area contributed by atoms with E-state index in [1.165, 1.54) is 11.1 Å². The predicted octanol–water partition coefficient (Wildman–Crippen LogP) is 5.84. The molecule has 0 N–H and O–H groups in total. The molecule has 2 aliphatic heterocycles. The van der Waals surface area contributed by atoms with Crippen LogP contribution in [-0.2, 0) is 14.2 Å². The van der Waals surface area contributed by atoms with Gasteiger partial charge in [0.25, 0.3) is 0 Å². The van der Waals surface area contributed by atoms with Gasteiger partial charge in [-0.2, -0.15) is 0 Å². The molecule has 170 valence electrons. The number of ether oxygens (including phenoxy) is 3. The number of allylic oxidation sites excluding steroid dienone is 1. The van der Waals surface area contributed by atoms with Crippen molar-refractivity contribution in [2.75, 3.05) is 34.4 Å².